The molecule has 1 aromatic carbocycles. The van der Waals surface area contributed by atoms with Gasteiger partial charge in [-0.2, -0.15) is 4.80 Å². The van der Waals surface area contributed by atoms with Crippen LogP contribution < -0.4 is 0 Å². The van der Waals surface area contributed by atoms with E-state index in [1.807, 2.05) is 6.92 Å². The molecule has 0 aliphatic carbocycles. The highest BCUT2D eigenvalue weighted by atomic mass is 35.5. The number of carboxylic acid groups (broad SMARTS) is 1. The van der Waals surface area contributed by atoms with Crippen LogP contribution in [0.25, 0.3) is 11.4 Å². The van der Waals surface area contributed by atoms with Crippen LogP contribution in [0.5, 0.6) is 0 Å². The Kier molecular flexibility index (Phi) is 6.05. The number of likely N-dealkylation sites (tertiary alicyclic amines) is 1. The van der Waals surface area contributed by atoms with Gasteiger partial charge in [0.15, 0.2) is 6.04 Å². The van der Waals surface area contributed by atoms with Crippen LogP contribution in [0, 0.1) is 5.92 Å². The molecule has 1 aliphatic rings. The number of hydrogen-bond donors (Lipinski definition) is 1. The summed E-state index contributed by atoms with van der Waals surface area (Å²) in [6.45, 7) is 3.03. The van der Waals surface area contributed by atoms with Gasteiger partial charge in [-0.05, 0) is 54.7 Å². The molecule has 0 bridgehead atoms. The van der Waals surface area contributed by atoms with Crippen molar-refractivity contribution < 1.29 is 14.7 Å². The van der Waals surface area contributed by atoms with Crippen LogP contribution in [-0.4, -0.2) is 55.2 Å². The van der Waals surface area contributed by atoms with Crippen LogP contribution in [0.15, 0.2) is 24.3 Å². The van der Waals surface area contributed by atoms with Crippen LogP contribution in [0.1, 0.15) is 38.6 Å². The Hall–Kier alpha value is -2.48. The number of nitrogens with zero attached hydrogens (tertiary/aromatic N) is 5. The Morgan fingerprint density at radius 1 is 1.26 bits per heavy atom. The van der Waals surface area contributed by atoms with Gasteiger partial charge in [0.2, 0.25) is 11.7 Å². The second kappa shape index (κ2) is 8.47. The number of aliphatic carboxylic acids is 1. The van der Waals surface area contributed by atoms with Gasteiger partial charge in [0, 0.05) is 30.1 Å². The van der Waals surface area contributed by atoms with Gasteiger partial charge in [-0.15, -0.1) is 10.2 Å². The molecule has 3 rings (SSSR count). The van der Waals surface area contributed by atoms with Gasteiger partial charge in [-0.1, -0.05) is 18.5 Å². The van der Waals surface area contributed by atoms with Crippen LogP contribution >= 0.6 is 11.6 Å². The molecule has 0 spiro atoms. The first-order chi connectivity index (χ1) is 13.0. The van der Waals surface area contributed by atoms with E-state index in [4.69, 9.17) is 16.7 Å². The number of carboxylic acids is 1. The first-order valence-electron chi connectivity index (χ1n) is 9.04. The fourth-order valence-corrected chi connectivity index (χ4v) is 3.45. The van der Waals surface area contributed by atoms with Gasteiger partial charge in [-0.3, -0.25) is 9.59 Å². The van der Waals surface area contributed by atoms with Gasteiger partial charge in [0.25, 0.3) is 0 Å². The highest BCUT2D eigenvalue weighted by molar-refractivity contribution is 6.30. The molecule has 2 aromatic rings. The predicted octanol–water partition coefficient (Wildman–Crippen LogP) is 2.66. The van der Waals surface area contributed by atoms with Gasteiger partial charge < -0.3 is 10.0 Å². The molecule has 144 valence electrons. The lowest BCUT2D eigenvalue weighted by molar-refractivity contribution is -0.139. The van der Waals surface area contributed by atoms with Crippen molar-refractivity contribution in [2.24, 2.45) is 5.92 Å². The maximum Gasteiger partial charge on any atom is 0.303 e. The molecule has 0 saturated carbocycles. The standard InChI is InChI=1S/C18H22ClN5O3/c1-2-15(18(27)23-9-7-12(8-10-23)11-16(25)26)24-21-17(20-22-24)13-3-5-14(19)6-4-13/h3-6,12,15H,2,7-11H2,1H3,(H,25,26). The van der Waals surface area contributed by atoms with Gasteiger partial charge in [0.1, 0.15) is 0 Å². The zero-order valence-electron chi connectivity index (χ0n) is 15.1. The SMILES string of the molecule is CCC(C(=O)N1CCC(CC(=O)O)CC1)n1nnc(-c2ccc(Cl)cc2)n1. The Balaban J connectivity index is 1.67. The lowest BCUT2D eigenvalue weighted by Crippen LogP contribution is -2.43. The molecule has 8 nitrogen and oxygen atoms in total. The lowest BCUT2D eigenvalue weighted by Gasteiger charge is -2.33. The molecule has 1 aromatic heterocycles. The molecular formula is C18H22ClN5O3. The summed E-state index contributed by atoms with van der Waals surface area (Å²) in [4.78, 5) is 26.9. The van der Waals surface area contributed by atoms with Crippen molar-refractivity contribution in [1.29, 1.82) is 0 Å². The summed E-state index contributed by atoms with van der Waals surface area (Å²) in [5.41, 5.74) is 0.780. The smallest absolute Gasteiger partial charge is 0.303 e. The largest absolute Gasteiger partial charge is 0.481 e. The second-order valence-electron chi connectivity index (χ2n) is 6.73. The lowest BCUT2D eigenvalue weighted by atomic mass is 9.93. The third-order valence-corrected chi connectivity index (χ3v) is 5.12. The van der Waals surface area contributed by atoms with Crippen molar-refractivity contribution >= 4 is 23.5 Å². The quantitative estimate of drug-likeness (QED) is 0.812. The maximum absolute atomic E-state index is 12.9. The number of amides is 1. The van der Waals surface area contributed by atoms with E-state index in [1.165, 1.54) is 4.80 Å². The number of carbonyl (C=O) groups is 2. The Morgan fingerprint density at radius 2 is 1.93 bits per heavy atom. The first kappa shape index (κ1) is 19.3. The van der Waals surface area contributed by atoms with E-state index in [0.717, 1.165) is 5.56 Å². The van der Waals surface area contributed by atoms with E-state index >= 15 is 0 Å². The summed E-state index contributed by atoms with van der Waals surface area (Å²) >= 11 is 5.90. The monoisotopic (exact) mass is 391 g/mol. The molecule has 1 amide bonds. The van der Waals surface area contributed by atoms with Crippen LogP contribution in [0.4, 0.5) is 0 Å². The molecule has 27 heavy (non-hydrogen) atoms. The Morgan fingerprint density at radius 3 is 2.52 bits per heavy atom. The zero-order valence-corrected chi connectivity index (χ0v) is 15.8. The number of aromatic nitrogens is 4. The summed E-state index contributed by atoms with van der Waals surface area (Å²) < 4.78 is 0. The molecule has 1 atom stereocenters. The fourth-order valence-electron chi connectivity index (χ4n) is 3.32. The minimum absolute atomic E-state index is 0.0497. The van der Waals surface area contributed by atoms with Crippen LogP contribution in [0.2, 0.25) is 5.02 Å². The molecule has 1 N–H and O–H groups in total. The van der Waals surface area contributed by atoms with Gasteiger partial charge in [0.05, 0.1) is 0 Å². The highest BCUT2D eigenvalue weighted by Gasteiger charge is 2.30. The number of benzene rings is 1. The molecule has 1 unspecified atom stereocenters. The van der Waals surface area contributed by atoms with Crippen LogP contribution in [-0.2, 0) is 9.59 Å². The normalized spacial score (nSPS) is 16.3. The van der Waals surface area contributed by atoms with Crippen molar-refractivity contribution in [3.8, 4) is 11.4 Å². The Labute approximate surface area is 162 Å². The Bertz CT molecular complexity index is 800. The maximum atomic E-state index is 12.9. The number of hydrogen-bond acceptors (Lipinski definition) is 5. The van der Waals surface area contributed by atoms with Gasteiger partial charge >= 0.3 is 5.97 Å². The fraction of sp³-hybridized carbons (Fsp3) is 0.500. The summed E-state index contributed by atoms with van der Waals surface area (Å²) in [5.74, 6) is -0.259. The third-order valence-electron chi connectivity index (χ3n) is 4.87. The average molecular weight is 392 g/mol. The van der Waals surface area contributed by atoms with E-state index < -0.39 is 12.0 Å². The molecule has 1 saturated heterocycles. The van der Waals surface area contributed by atoms with Crippen molar-refractivity contribution in [2.75, 3.05) is 13.1 Å². The molecule has 1 fully saturated rings. The second-order valence-corrected chi connectivity index (χ2v) is 7.17. The number of halogens is 1. The molecule has 0 radical (unpaired) electrons. The van der Waals surface area contributed by atoms with Crippen molar-refractivity contribution in [2.45, 2.75) is 38.6 Å². The topological polar surface area (TPSA) is 101 Å². The number of piperidine rings is 1. The summed E-state index contributed by atoms with van der Waals surface area (Å²) in [6.07, 6.45) is 2.11. The van der Waals surface area contributed by atoms with E-state index in [2.05, 4.69) is 15.4 Å². The summed E-state index contributed by atoms with van der Waals surface area (Å²) in [6, 6.07) is 6.59. The minimum Gasteiger partial charge on any atom is -0.481 e. The average Bonchev–Trinajstić information content (AvgIpc) is 3.12. The van der Waals surface area contributed by atoms with E-state index in [9.17, 15) is 9.59 Å². The van der Waals surface area contributed by atoms with Crippen molar-refractivity contribution in [3.05, 3.63) is 29.3 Å². The van der Waals surface area contributed by atoms with Crippen LogP contribution in [0.3, 0.4) is 0 Å². The first-order valence-corrected chi connectivity index (χ1v) is 9.41. The van der Waals surface area contributed by atoms with Crippen molar-refractivity contribution in [3.63, 3.8) is 0 Å². The number of rotatable bonds is 6. The van der Waals surface area contributed by atoms with E-state index in [0.29, 0.717) is 43.2 Å². The van der Waals surface area contributed by atoms with Gasteiger partial charge in [-0.25, -0.2) is 0 Å². The summed E-state index contributed by atoms with van der Waals surface area (Å²) in [5, 5.41) is 22.0. The highest BCUT2D eigenvalue weighted by Crippen LogP contribution is 2.24. The molecular weight excluding hydrogens is 370 g/mol. The number of carbonyl (C=O) groups excluding carboxylic acids is 1. The number of tetrazole rings is 1. The van der Waals surface area contributed by atoms with Crippen molar-refractivity contribution in [1.82, 2.24) is 25.1 Å². The summed E-state index contributed by atoms with van der Waals surface area (Å²) in [7, 11) is 0. The molecule has 2 heterocycles. The predicted molar refractivity (Wildman–Crippen MR) is 99.1 cm³/mol. The molecule has 1 aliphatic heterocycles. The third kappa shape index (κ3) is 4.63. The van der Waals surface area contributed by atoms with E-state index in [1.54, 1.807) is 29.2 Å². The zero-order chi connectivity index (χ0) is 19.4. The van der Waals surface area contributed by atoms with E-state index in [-0.39, 0.29) is 18.2 Å². The minimum atomic E-state index is -0.784. The molecule has 9 heteroatoms.